The van der Waals surface area contributed by atoms with Crippen LogP contribution < -0.4 is 5.32 Å². The molecule has 4 rings (SSSR count). The number of nitrogens with zero attached hydrogens (tertiary/aromatic N) is 1. The van der Waals surface area contributed by atoms with E-state index in [1.54, 1.807) is 35.4 Å². The van der Waals surface area contributed by atoms with Crippen molar-refractivity contribution in [2.45, 2.75) is 12.7 Å². The Morgan fingerprint density at radius 1 is 1.04 bits per heavy atom. The van der Waals surface area contributed by atoms with Crippen LogP contribution in [-0.4, -0.2) is 21.0 Å². The molecular weight excluding hydrogens is 320 g/mol. The van der Waals surface area contributed by atoms with E-state index in [1.807, 2.05) is 18.2 Å². The Morgan fingerprint density at radius 2 is 1.88 bits per heavy atom. The van der Waals surface area contributed by atoms with Gasteiger partial charge in [0.05, 0.1) is 18.4 Å². The lowest BCUT2D eigenvalue weighted by Gasteiger charge is -2.37. The molecule has 25 heavy (non-hydrogen) atoms. The van der Waals surface area contributed by atoms with Crippen LogP contribution in [0, 0.1) is 0 Å². The standard InChI is InChI=1S/C19H16N2O4/c22-16-8-7-12(10-17(16)23)18-20-15-6-2-1-5-14(15)19(24)21(18)11-13-4-3-9-25-13/h1-10,18,20,22-23H,11H2. The highest BCUT2D eigenvalue weighted by atomic mass is 16.3. The first-order chi connectivity index (χ1) is 12.1. The molecule has 6 nitrogen and oxygen atoms in total. The Bertz CT molecular complexity index is 921. The Labute approximate surface area is 143 Å². The number of anilines is 1. The van der Waals surface area contributed by atoms with E-state index in [4.69, 9.17) is 4.42 Å². The fourth-order valence-electron chi connectivity index (χ4n) is 3.00. The zero-order valence-electron chi connectivity index (χ0n) is 13.2. The van der Waals surface area contributed by atoms with E-state index in [1.165, 1.54) is 12.1 Å². The lowest BCUT2D eigenvalue weighted by Crippen LogP contribution is -2.42. The van der Waals surface area contributed by atoms with Crippen LogP contribution in [0.25, 0.3) is 0 Å². The highest BCUT2D eigenvalue weighted by Gasteiger charge is 2.33. The minimum atomic E-state index is -0.501. The molecule has 1 amide bonds. The van der Waals surface area contributed by atoms with Gasteiger partial charge in [0, 0.05) is 5.69 Å². The summed E-state index contributed by atoms with van der Waals surface area (Å²) in [4.78, 5) is 14.6. The number of para-hydroxylation sites is 1. The van der Waals surface area contributed by atoms with Crippen molar-refractivity contribution in [1.29, 1.82) is 0 Å². The number of amides is 1. The first-order valence-corrected chi connectivity index (χ1v) is 7.84. The van der Waals surface area contributed by atoms with Gasteiger partial charge in [-0.15, -0.1) is 0 Å². The maximum absolute atomic E-state index is 13.0. The van der Waals surface area contributed by atoms with Crippen LogP contribution in [0.4, 0.5) is 5.69 Å². The van der Waals surface area contributed by atoms with Crippen molar-refractivity contribution in [3.8, 4) is 11.5 Å². The van der Waals surface area contributed by atoms with Crippen LogP contribution in [0.15, 0.2) is 65.3 Å². The highest BCUT2D eigenvalue weighted by molar-refractivity contribution is 6.01. The summed E-state index contributed by atoms with van der Waals surface area (Å²) in [5, 5.41) is 22.7. The average molecular weight is 336 g/mol. The molecule has 0 bridgehead atoms. The maximum Gasteiger partial charge on any atom is 0.258 e. The number of carbonyl (C=O) groups excluding carboxylic acids is 1. The van der Waals surface area contributed by atoms with Crippen molar-refractivity contribution in [2.24, 2.45) is 0 Å². The van der Waals surface area contributed by atoms with Crippen molar-refractivity contribution in [1.82, 2.24) is 4.90 Å². The van der Waals surface area contributed by atoms with Gasteiger partial charge >= 0.3 is 0 Å². The lowest BCUT2D eigenvalue weighted by atomic mass is 10.0. The summed E-state index contributed by atoms with van der Waals surface area (Å²) in [6, 6.07) is 15.4. The molecule has 0 saturated carbocycles. The molecule has 0 saturated heterocycles. The molecule has 2 heterocycles. The molecule has 0 aliphatic carbocycles. The van der Waals surface area contributed by atoms with Crippen molar-refractivity contribution in [3.63, 3.8) is 0 Å². The Hall–Kier alpha value is -3.41. The van der Waals surface area contributed by atoms with Gasteiger partial charge in [-0.05, 0) is 42.0 Å². The molecule has 3 aromatic rings. The summed E-state index contributed by atoms with van der Waals surface area (Å²) in [5.41, 5.74) is 1.96. The minimum Gasteiger partial charge on any atom is -0.504 e. The van der Waals surface area contributed by atoms with Crippen LogP contribution in [0.2, 0.25) is 0 Å². The quantitative estimate of drug-likeness (QED) is 0.638. The second-order valence-corrected chi connectivity index (χ2v) is 5.85. The van der Waals surface area contributed by atoms with Gasteiger partial charge in [0.25, 0.3) is 5.91 Å². The van der Waals surface area contributed by atoms with Gasteiger partial charge in [-0.1, -0.05) is 18.2 Å². The van der Waals surface area contributed by atoms with Gasteiger partial charge in [-0.25, -0.2) is 0 Å². The number of hydrogen-bond acceptors (Lipinski definition) is 5. The predicted octanol–water partition coefficient (Wildman–Crippen LogP) is 3.46. The molecule has 126 valence electrons. The van der Waals surface area contributed by atoms with Crippen molar-refractivity contribution < 1.29 is 19.4 Å². The number of fused-ring (bicyclic) bond motifs is 1. The second kappa shape index (κ2) is 5.90. The molecule has 1 aromatic heterocycles. The summed E-state index contributed by atoms with van der Waals surface area (Å²) < 4.78 is 5.39. The molecule has 2 aromatic carbocycles. The summed E-state index contributed by atoms with van der Waals surface area (Å²) in [7, 11) is 0. The summed E-state index contributed by atoms with van der Waals surface area (Å²) in [6.45, 7) is 0.277. The van der Waals surface area contributed by atoms with Gasteiger partial charge in [-0.3, -0.25) is 4.79 Å². The third kappa shape index (κ3) is 2.67. The zero-order valence-corrected chi connectivity index (χ0v) is 13.2. The molecule has 1 atom stereocenters. The Morgan fingerprint density at radius 3 is 2.64 bits per heavy atom. The topological polar surface area (TPSA) is 85.9 Å². The van der Waals surface area contributed by atoms with Gasteiger partial charge in [-0.2, -0.15) is 0 Å². The summed E-state index contributed by atoms with van der Waals surface area (Å²) in [6.07, 6.45) is 1.06. The Kier molecular flexibility index (Phi) is 3.57. The monoisotopic (exact) mass is 336 g/mol. The smallest absolute Gasteiger partial charge is 0.258 e. The van der Waals surface area contributed by atoms with Crippen LogP contribution in [-0.2, 0) is 6.54 Å². The third-order valence-electron chi connectivity index (χ3n) is 4.24. The van der Waals surface area contributed by atoms with E-state index in [0.29, 0.717) is 16.9 Å². The molecule has 1 unspecified atom stereocenters. The molecule has 0 fully saturated rings. The number of hydrogen-bond donors (Lipinski definition) is 3. The minimum absolute atomic E-state index is 0.136. The van der Waals surface area contributed by atoms with Crippen molar-refractivity contribution in [3.05, 3.63) is 77.7 Å². The van der Waals surface area contributed by atoms with E-state index in [0.717, 1.165) is 5.69 Å². The van der Waals surface area contributed by atoms with Crippen LogP contribution >= 0.6 is 0 Å². The zero-order chi connectivity index (χ0) is 17.4. The first-order valence-electron chi connectivity index (χ1n) is 7.84. The number of carbonyl (C=O) groups is 1. The van der Waals surface area contributed by atoms with Gasteiger partial charge in [0.1, 0.15) is 11.9 Å². The van der Waals surface area contributed by atoms with Crippen molar-refractivity contribution >= 4 is 11.6 Å². The predicted molar refractivity (Wildman–Crippen MR) is 91.2 cm³/mol. The van der Waals surface area contributed by atoms with E-state index >= 15 is 0 Å². The fraction of sp³-hybridized carbons (Fsp3) is 0.105. The number of aromatic hydroxyl groups is 2. The molecule has 3 N–H and O–H groups in total. The number of phenolic OH excluding ortho intramolecular Hbond substituents is 2. The number of furan rings is 1. The molecule has 0 radical (unpaired) electrons. The third-order valence-corrected chi connectivity index (χ3v) is 4.24. The normalized spacial score (nSPS) is 16.4. The first kappa shape index (κ1) is 15.1. The fourth-order valence-corrected chi connectivity index (χ4v) is 3.00. The SMILES string of the molecule is O=C1c2ccccc2NC(c2ccc(O)c(O)c2)N1Cc1ccco1. The number of phenols is 2. The number of benzene rings is 2. The van der Waals surface area contributed by atoms with Crippen LogP contribution in [0.3, 0.4) is 0 Å². The summed E-state index contributed by atoms with van der Waals surface area (Å²) in [5.74, 6) is 0.0817. The largest absolute Gasteiger partial charge is 0.504 e. The summed E-state index contributed by atoms with van der Waals surface area (Å²) >= 11 is 0. The molecule has 1 aliphatic heterocycles. The molecular formula is C19H16N2O4. The Balaban J connectivity index is 1.78. The van der Waals surface area contributed by atoms with E-state index in [-0.39, 0.29) is 24.0 Å². The van der Waals surface area contributed by atoms with Gasteiger partial charge < -0.3 is 24.8 Å². The highest BCUT2D eigenvalue weighted by Crippen LogP contribution is 2.36. The molecule has 0 spiro atoms. The van der Waals surface area contributed by atoms with E-state index < -0.39 is 6.17 Å². The maximum atomic E-state index is 13.0. The van der Waals surface area contributed by atoms with E-state index in [9.17, 15) is 15.0 Å². The van der Waals surface area contributed by atoms with Crippen LogP contribution in [0.1, 0.15) is 27.8 Å². The lowest BCUT2D eigenvalue weighted by molar-refractivity contribution is 0.0651. The van der Waals surface area contributed by atoms with E-state index in [2.05, 4.69) is 5.32 Å². The van der Waals surface area contributed by atoms with Gasteiger partial charge in [0.2, 0.25) is 0 Å². The number of nitrogens with one attached hydrogen (secondary N) is 1. The van der Waals surface area contributed by atoms with Crippen molar-refractivity contribution in [2.75, 3.05) is 5.32 Å². The molecule has 1 aliphatic rings. The van der Waals surface area contributed by atoms with Gasteiger partial charge in [0.15, 0.2) is 11.5 Å². The molecule has 6 heteroatoms. The van der Waals surface area contributed by atoms with Crippen LogP contribution in [0.5, 0.6) is 11.5 Å². The number of rotatable bonds is 3. The second-order valence-electron chi connectivity index (χ2n) is 5.85. The average Bonchev–Trinajstić information content (AvgIpc) is 3.13.